The van der Waals surface area contributed by atoms with Crippen LogP contribution in [0.25, 0.3) is 0 Å². The second-order valence-corrected chi connectivity index (χ2v) is 4.51. The van der Waals surface area contributed by atoms with E-state index >= 15 is 0 Å². The molecule has 1 heterocycles. The molecule has 0 atom stereocenters. The van der Waals surface area contributed by atoms with Crippen LogP contribution in [0.5, 0.6) is 0 Å². The van der Waals surface area contributed by atoms with Crippen LogP contribution >= 0.6 is 11.8 Å². The van der Waals surface area contributed by atoms with E-state index in [0.717, 1.165) is 5.69 Å². The number of anilines is 1. The van der Waals surface area contributed by atoms with Gasteiger partial charge in [-0.05, 0) is 19.1 Å². The predicted molar refractivity (Wildman–Crippen MR) is 70.4 cm³/mol. The second-order valence-electron chi connectivity index (χ2n) is 3.59. The maximum atomic E-state index is 12.2. The molecule has 4 heteroatoms. The Kier molecular flexibility index (Phi) is 3.54. The Bertz CT molecular complexity index is 479. The molecule has 0 N–H and O–H groups in total. The number of hydrogen-bond acceptors (Lipinski definition) is 3. The fraction of sp³-hybridized carbons (Fsp3) is 0.154. The van der Waals surface area contributed by atoms with E-state index in [-0.39, 0.29) is 5.91 Å². The molecule has 0 aromatic heterocycles. The van der Waals surface area contributed by atoms with Crippen LogP contribution in [0.2, 0.25) is 0 Å². The minimum atomic E-state index is -0.0527. The maximum Gasteiger partial charge on any atom is 0.268 e. The van der Waals surface area contributed by atoms with E-state index in [1.807, 2.05) is 30.3 Å². The van der Waals surface area contributed by atoms with Gasteiger partial charge in [-0.25, -0.2) is 0 Å². The molecule has 0 radical (unpaired) electrons. The molecule has 3 nitrogen and oxygen atoms in total. The van der Waals surface area contributed by atoms with Gasteiger partial charge in [-0.1, -0.05) is 30.0 Å². The average Bonchev–Trinajstić information content (AvgIpc) is 2.39. The monoisotopic (exact) mass is 247 g/mol. The van der Waals surface area contributed by atoms with Crippen LogP contribution in [-0.2, 0) is 9.53 Å². The van der Waals surface area contributed by atoms with Crippen molar-refractivity contribution in [3.8, 4) is 0 Å². The molecule has 88 valence electrons. The lowest BCUT2D eigenvalue weighted by Crippen LogP contribution is -2.27. The first-order valence-electron chi connectivity index (χ1n) is 5.22. The Balaban J connectivity index is 2.21. The van der Waals surface area contributed by atoms with Crippen LogP contribution < -0.4 is 4.90 Å². The third kappa shape index (κ3) is 2.53. The standard InChI is InChI=1S/C13H13NO2S/c1-10-12(17-9-8-16-10)13(15)14(2)11-6-4-3-5-7-11/h3-9H,1-2H3. The summed E-state index contributed by atoms with van der Waals surface area (Å²) in [5, 5.41) is 1.76. The molecule has 0 saturated heterocycles. The summed E-state index contributed by atoms with van der Waals surface area (Å²) in [5.41, 5.74) is 0.868. The molecule has 0 saturated carbocycles. The molecule has 0 aliphatic carbocycles. The lowest BCUT2D eigenvalue weighted by atomic mass is 10.3. The molecular weight excluding hydrogens is 234 g/mol. The van der Waals surface area contributed by atoms with Crippen LogP contribution in [0.1, 0.15) is 6.92 Å². The number of para-hydroxylation sites is 1. The Hall–Kier alpha value is -1.68. The second kappa shape index (κ2) is 5.10. The van der Waals surface area contributed by atoms with E-state index < -0.39 is 0 Å². The highest BCUT2D eigenvalue weighted by Crippen LogP contribution is 2.29. The van der Waals surface area contributed by atoms with E-state index in [2.05, 4.69) is 0 Å². The van der Waals surface area contributed by atoms with Crippen molar-refractivity contribution in [2.24, 2.45) is 0 Å². The first kappa shape index (κ1) is 11.8. The molecule has 0 fully saturated rings. The van der Waals surface area contributed by atoms with Gasteiger partial charge in [0.2, 0.25) is 0 Å². The molecule has 1 aromatic carbocycles. The van der Waals surface area contributed by atoms with E-state index in [0.29, 0.717) is 10.7 Å². The molecule has 1 amide bonds. The first-order valence-corrected chi connectivity index (χ1v) is 6.10. The molecule has 2 rings (SSSR count). The van der Waals surface area contributed by atoms with Crippen molar-refractivity contribution in [2.75, 3.05) is 11.9 Å². The van der Waals surface area contributed by atoms with Gasteiger partial charge in [0.1, 0.15) is 10.7 Å². The highest BCUT2D eigenvalue weighted by molar-refractivity contribution is 8.06. The number of ether oxygens (including phenoxy) is 1. The summed E-state index contributed by atoms with van der Waals surface area (Å²) in [4.78, 5) is 14.5. The average molecular weight is 247 g/mol. The van der Waals surface area contributed by atoms with Gasteiger partial charge in [-0.2, -0.15) is 0 Å². The topological polar surface area (TPSA) is 29.5 Å². The summed E-state index contributed by atoms with van der Waals surface area (Å²) >= 11 is 1.39. The van der Waals surface area contributed by atoms with Gasteiger partial charge in [0.25, 0.3) is 5.91 Å². The minimum absolute atomic E-state index is 0.0527. The molecule has 1 aliphatic rings. The maximum absolute atomic E-state index is 12.2. The number of allylic oxidation sites excluding steroid dienone is 1. The summed E-state index contributed by atoms with van der Waals surface area (Å²) in [5.74, 6) is 0.591. The van der Waals surface area contributed by atoms with Crippen molar-refractivity contribution in [3.05, 3.63) is 52.7 Å². The number of amides is 1. The zero-order valence-electron chi connectivity index (χ0n) is 9.71. The zero-order chi connectivity index (χ0) is 12.3. The minimum Gasteiger partial charge on any atom is -0.468 e. The lowest BCUT2D eigenvalue weighted by molar-refractivity contribution is -0.114. The van der Waals surface area contributed by atoms with Crippen molar-refractivity contribution in [1.82, 2.24) is 0 Å². The number of benzene rings is 1. The molecular formula is C13H13NO2S. The lowest BCUT2D eigenvalue weighted by Gasteiger charge is -2.20. The predicted octanol–water partition coefficient (Wildman–Crippen LogP) is 3.12. The third-order valence-corrected chi connectivity index (χ3v) is 3.39. The van der Waals surface area contributed by atoms with Crippen LogP contribution in [0.15, 0.2) is 52.7 Å². The smallest absolute Gasteiger partial charge is 0.268 e. The SMILES string of the molecule is CC1=C(C(=O)N(C)c2ccccc2)SC=CO1. The van der Waals surface area contributed by atoms with Crippen molar-refractivity contribution in [2.45, 2.75) is 6.92 Å². The summed E-state index contributed by atoms with van der Waals surface area (Å²) in [6.07, 6.45) is 1.58. The van der Waals surface area contributed by atoms with Gasteiger partial charge in [-0.3, -0.25) is 4.79 Å². The van der Waals surface area contributed by atoms with E-state index in [1.54, 1.807) is 30.5 Å². The molecule has 1 aromatic rings. The molecule has 0 bridgehead atoms. The van der Waals surface area contributed by atoms with E-state index in [9.17, 15) is 4.79 Å². The summed E-state index contributed by atoms with van der Waals surface area (Å²) in [7, 11) is 1.76. The highest BCUT2D eigenvalue weighted by atomic mass is 32.2. The Labute approximate surface area is 105 Å². The fourth-order valence-electron chi connectivity index (χ4n) is 1.48. The van der Waals surface area contributed by atoms with Crippen molar-refractivity contribution in [3.63, 3.8) is 0 Å². The highest BCUT2D eigenvalue weighted by Gasteiger charge is 2.20. The summed E-state index contributed by atoms with van der Waals surface area (Å²) < 4.78 is 5.23. The largest absolute Gasteiger partial charge is 0.468 e. The molecule has 17 heavy (non-hydrogen) atoms. The van der Waals surface area contributed by atoms with Crippen molar-refractivity contribution >= 4 is 23.4 Å². The van der Waals surface area contributed by atoms with Gasteiger partial charge >= 0.3 is 0 Å². The van der Waals surface area contributed by atoms with E-state index in [1.165, 1.54) is 11.8 Å². The summed E-state index contributed by atoms with van der Waals surface area (Å²) in [6, 6.07) is 9.54. The Morgan fingerprint density at radius 1 is 1.29 bits per heavy atom. The number of carbonyl (C=O) groups is 1. The zero-order valence-corrected chi connectivity index (χ0v) is 10.5. The number of carbonyl (C=O) groups excluding carboxylic acids is 1. The van der Waals surface area contributed by atoms with Gasteiger partial charge < -0.3 is 9.64 Å². The first-order chi connectivity index (χ1) is 8.20. The summed E-state index contributed by atoms with van der Waals surface area (Å²) in [6.45, 7) is 1.79. The Morgan fingerprint density at radius 3 is 2.65 bits per heavy atom. The molecule has 1 aliphatic heterocycles. The van der Waals surface area contributed by atoms with E-state index in [4.69, 9.17) is 4.74 Å². The van der Waals surface area contributed by atoms with Crippen molar-refractivity contribution < 1.29 is 9.53 Å². The van der Waals surface area contributed by atoms with Gasteiger partial charge in [0.05, 0.1) is 6.26 Å². The number of likely N-dealkylation sites (N-methyl/N-ethyl adjacent to an activating group) is 1. The Morgan fingerprint density at radius 2 is 2.00 bits per heavy atom. The number of nitrogens with zero attached hydrogens (tertiary/aromatic N) is 1. The quantitative estimate of drug-likeness (QED) is 0.804. The number of rotatable bonds is 2. The normalized spacial score (nSPS) is 14.5. The number of thioether (sulfide) groups is 1. The van der Waals surface area contributed by atoms with Gasteiger partial charge in [0, 0.05) is 18.1 Å². The van der Waals surface area contributed by atoms with Gasteiger partial charge in [-0.15, -0.1) is 0 Å². The molecule has 0 spiro atoms. The van der Waals surface area contributed by atoms with Crippen LogP contribution in [0.3, 0.4) is 0 Å². The van der Waals surface area contributed by atoms with Crippen molar-refractivity contribution in [1.29, 1.82) is 0 Å². The number of hydrogen-bond donors (Lipinski definition) is 0. The van der Waals surface area contributed by atoms with Crippen LogP contribution in [-0.4, -0.2) is 13.0 Å². The van der Waals surface area contributed by atoms with Crippen LogP contribution in [0.4, 0.5) is 5.69 Å². The molecule has 0 unspecified atom stereocenters. The van der Waals surface area contributed by atoms with Gasteiger partial charge in [0.15, 0.2) is 0 Å². The van der Waals surface area contributed by atoms with Crippen LogP contribution in [0, 0.1) is 0 Å². The fourth-order valence-corrected chi connectivity index (χ4v) is 2.18. The third-order valence-electron chi connectivity index (χ3n) is 2.45.